The molecule has 1 unspecified atom stereocenters. The van der Waals surface area contributed by atoms with E-state index in [0.29, 0.717) is 5.02 Å². The van der Waals surface area contributed by atoms with E-state index in [4.69, 9.17) is 22.1 Å². The third-order valence-corrected chi connectivity index (χ3v) is 4.29. The van der Waals surface area contributed by atoms with Crippen molar-refractivity contribution in [3.05, 3.63) is 16.9 Å². The number of methoxy groups -OCH3 is 1. The molecule has 1 fully saturated rings. The molecule has 1 aliphatic carbocycles. The number of rotatable bonds is 4. The molecule has 0 aromatic carbocycles. The smallest absolute Gasteiger partial charge is 0.0886 e. The van der Waals surface area contributed by atoms with Crippen molar-refractivity contribution >= 4 is 11.6 Å². The van der Waals surface area contributed by atoms with E-state index in [1.54, 1.807) is 13.3 Å². The van der Waals surface area contributed by atoms with Gasteiger partial charge in [0.15, 0.2) is 0 Å². The fourth-order valence-electron chi connectivity index (χ4n) is 2.92. The van der Waals surface area contributed by atoms with Gasteiger partial charge in [-0.2, -0.15) is 5.10 Å². The molecule has 1 aromatic heterocycles. The van der Waals surface area contributed by atoms with Crippen LogP contribution in [0, 0.1) is 0 Å². The van der Waals surface area contributed by atoms with Crippen LogP contribution in [-0.4, -0.2) is 22.5 Å². The van der Waals surface area contributed by atoms with Crippen molar-refractivity contribution in [3.8, 4) is 0 Å². The SMILES string of the molecule is COC1(C(N)c2c(Cl)cnn2C(C)C)CCCC1. The minimum absolute atomic E-state index is 0.220. The number of ether oxygens (including phenoxy) is 1. The summed E-state index contributed by atoms with van der Waals surface area (Å²) in [5, 5.41) is 4.96. The lowest BCUT2D eigenvalue weighted by atomic mass is 9.90. The molecule has 2 N–H and O–H groups in total. The largest absolute Gasteiger partial charge is 0.376 e. The highest BCUT2D eigenvalue weighted by molar-refractivity contribution is 6.31. The van der Waals surface area contributed by atoms with Gasteiger partial charge in [-0.25, -0.2) is 0 Å². The summed E-state index contributed by atoms with van der Waals surface area (Å²) in [5.41, 5.74) is 7.08. The van der Waals surface area contributed by atoms with Crippen LogP contribution in [0.4, 0.5) is 0 Å². The molecule has 4 nitrogen and oxygen atoms in total. The Bertz CT molecular complexity index is 410. The normalized spacial score (nSPS) is 20.6. The summed E-state index contributed by atoms with van der Waals surface area (Å²) >= 11 is 6.26. The van der Waals surface area contributed by atoms with Crippen LogP contribution in [-0.2, 0) is 4.74 Å². The first-order valence-corrected chi connectivity index (χ1v) is 6.93. The van der Waals surface area contributed by atoms with E-state index in [9.17, 15) is 0 Å². The van der Waals surface area contributed by atoms with Gasteiger partial charge in [-0.3, -0.25) is 4.68 Å². The Kier molecular flexibility index (Phi) is 3.99. The first kappa shape index (κ1) is 13.8. The maximum atomic E-state index is 6.46. The van der Waals surface area contributed by atoms with E-state index in [1.807, 2.05) is 4.68 Å². The molecule has 0 aliphatic heterocycles. The quantitative estimate of drug-likeness (QED) is 0.916. The van der Waals surface area contributed by atoms with Crippen LogP contribution >= 0.6 is 11.6 Å². The first-order valence-electron chi connectivity index (χ1n) is 6.55. The molecule has 0 spiro atoms. The maximum absolute atomic E-state index is 6.46. The van der Waals surface area contributed by atoms with E-state index in [1.165, 1.54) is 0 Å². The van der Waals surface area contributed by atoms with Crippen molar-refractivity contribution in [2.24, 2.45) is 5.73 Å². The highest BCUT2D eigenvalue weighted by Crippen LogP contribution is 2.43. The Balaban J connectivity index is 2.38. The molecule has 2 rings (SSSR count). The van der Waals surface area contributed by atoms with Crippen LogP contribution in [0.5, 0.6) is 0 Å². The predicted octanol–water partition coefficient (Wildman–Crippen LogP) is 3.08. The minimum Gasteiger partial charge on any atom is -0.376 e. The number of nitrogens with zero attached hydrogens (tertiary/aromatic N) is 2. The summed E-state index contributed by atoms with van der Waals surface area (Å²) in [6, 6.07) is 0.0243. The van der Waals surface area contributed by atoms with Gasteiger partial charge >= 0.3 is 0 Å². The van der Waals surface area contributed by atoms with Gasteiger partial charge in [-0.15, -0.1) is 0 Å². The molecule has 1 saturated carbocycles. The van der Waals surface area contributed by atoms with Crippen LogP contribution in [0.15, 0.2) is 6.20 Å². The summed E-state index contributed by atoms with van der Waals surface area (Å²) in [7, 11) is 1.75. The molecule has 0 amide bonds. The summed E-state index contributed by atoms with van der Waals surface area (Å²) in [6.45, 7) is 4.15. The lowest BCUT2D eigenvalue weighted by Gasteiger charge is -2.34. The summed E-state index contributed by atoms with van der Waals surface area (Å²) in [5.74, 6) is 0. The van der Waals surface area contributed by atoms with Gasteiger partial charge in [-0.1, -0.05) is 24.4 Å². The van der Waals surface area contributed by atoms with E-state index >= 15 is 0 Å². The van der Waals surface area contributed by atoms with E-state index < -0.39 is 0 Å². The zero-order valence-electron chi connectivity index (χ0n) is 11.3. The fraction of sp³-hybridized carbons (Fsp3) is 0.769. The Morgan fingerprint density at radius 1 is 1.44 bits per heavy atom. The molecule has 1 heterocycles. The lowest BCUT2D eigenvalue weighted by molar-refractivity contribution is -0.0286. The van der Waals surface area contributed by atoms with Gasteiger partial charge in [0.1, 0.15) is 0 Å². The van der Waals surface area contributed by atoms with E-state index in [0.717, 1.165) is 31.4 Å². The highest BCUT2D eigenvalue weighted by atomic mass is 35.5. The minimum atomic E-state index is -0.281. The number of hydrogen-bond acceptors (Lipinski definition) is 3. The topological polar surface area (TPSA) is 53.1 Å². The van der Waals surface area contributed by atoms with Crippen LogP contribution in [0.1, 0.15) is 57.3 Å². The lowest BCUT2D eigenvalue weighted by Crippen LogP contribution is -2.42. The first-order chi connectivity index (χ1) is 8.52. The second kappa shape index (κ2) is 5.19. The average molecular weight is 272 g/mol. The number of nitrogens with two attached hydrogens (primary N) is 1. The predicted molar refractivity (Wildman–Crippen MR) is 72.8 cm³/mol. The van der Waals surface area contributed by atoms with Gasteiger partial charge < -0.3 is 10.5 Å². The molecular weight excluding hydrogens is 250 g/mol. The standard InChI is InChI=1S/C13H22ClN3O/c1-9(2)17-11(10(14)8-16-17)12(15)13(18-3)6-4-5-7-13/h8-9,12H,4-7,15H2,1-3H3. The van der Waals surface area contributed by atoms with Gasteiger partial charge in [0.05, 0.1) is 28.6 Å². The molecule has 1 aliphatic rings. The van der Waals surface area contributed by atoms with Crippen LogP contribution < -0.4 is 5.73 Å². The molecule has 1 aromatic rings. The molecule has 102 valence electrons. The van der Waals surface area contributed by atoms with Crippen molar-refractivity contribution < 1.29 is 4.74 Å². The Labute approximate surface area is 113 Å². The zero-order chi connectivity index (χ0) is 13.3. The molecular formula is C13H22ClN3O. The monoisotopic (exact) mass is 271 g/mol. The molecule has 0 bridgehead atoms. The summed E-state index contributed by atoms with van der Waals surface area (Å²) in [6.07, 6.45) is 5.98. The van der Waals surface area contributed by atoms with Crippen molar-refractivity contribution in [3.63, 3.8) is 0 Å². The fourth-order valence-corrected chi connectivity index (χ4v) is 3.17. The Hall–Kier alpha value is -0.580. The molecule has 18 heavy (non-hydrogen) atoms. The number of halogens is 1. The molecule has 5 heteroatoms. The van der Waals surface area contributed by atoms with Crippen LogP contribution in [0.25, 0.3) is 0 Å². The van der Waals surface area contributed by atoms with Crippen molar-refractivity contribution in [1.29, 1.82) is 0 Å². The summed E-state index contributed by atoms with van der Waals surface area (Å²) < 4.78 is 7.66. The number of aromatic nitrogens is 2. The van der Waals surface area contributed by atoms with Gasteiger partial charge in [0, 0.05) is 13.2 Å². The maximum Gasteiger partial charge on any atom is 0.0886 e. The zero-order valence-corrected chi connectivity index (χ0v) is 12.1. The van der Waals surface area contributed by atoms with Gasteiger partial charge in [0.25, 0.3) is 0 Å². The van der Waals surface area contributed by atoms with Crippen LogP contribution in [0.3, 0.4) is 0 Å². The molecule has 1 atom stereocenters. The van der Waals surface area contributed by atoms with Crippen molar-refractivity contribution in [1.82, 2.24) is 9.78 Å². The summed E-state index contributed by atoms with van der Waals surface area (Å²) in [4.78, 5) is 0. The van der Waals surface area contributed by atoms with Crippen molar-refractivity contribution in [2.75, 3.05) is 7.11 Å². The Morgan fingerprint density at radius 3 is 2.56 bits per heavy atom. The highest BCUT2D eigenvalue weighted by Gasteiger charge is 2.42. The van der Waals surface area contributed by atoms with Gasteiger partial charge in [0.2, 0.25) is 0 Å². The van der Waals surface area contributed by atoms with Crippen molar-refractivity contribution in [2.45, 2.75) is 57.2 Å². The Morgan fingerprint density at radius 2 is 2.06 bits per heavy atom. The second-order valence-corrected chi connectivity index (χ2v) is 5.78. The molecule has 0 radical (unpaired) electrons. The third kappa shape index (κ3) is 2.17. The second-order valence-electron chi connectivity index (χ2n) is 5.37. The van der Waals surface area contributed by atoms with Crippen LogP contribution in [0.2, 0.25) is 5.02 Å². The number of hydrogen-bond donors (Lipinski definition) is 1. The van der Waals surface area contributed by atoms with E-state index in [2.05, 4.69) is 18.9 Å². The third-order valence-electron chi connectivity index (χ3n) is 3.99. The molecule has 0 saturated heterocycles. The van der Waals surface area contributed by atoms with Gasteiger partial charge in [-0.05, 0) is 26.7 Å². The van der Waals surface area contributed by atoms with E-state index in [-0.39, 0.29) is 17.7 Å². The average Bonchev–Trinajstić information content (AvgIpc) is 2.95.